The molecular formula is C17H18F2N2. The van der Waals surface area contributed by atoms with Gasteiger partial charge in [0.15, 0.2) is 0 Å². The van der Waals surface area contributed by atoms with Crippen LogP contribution < -0.4 is 11.3 Å². The van der Waals surface area contributed by atoms with Gasteiger partial charge in [-0.2, -0.15) is 0 Å². The van der Waals surface area contributed by atoms with E-state index in [2.05, 4.69) is 17.6 Å². The number of nitrogens with two attached hydrogens (primary N) is 1. The van der Waals surface area contributed by atoms with Crippen molar-refractivity contribution in [3.63, 3.8) is 0 Å². The molecule has 0 fully saturated rings. The summed E-state index contributed by atoms with van der Waals surface area (Å²) in [5.41, 5.74) is 5.74. The molecule has 2 aromatic carbocycles. The molecule has 1 aliphatic rings. The van der Waals surface area contributed by atoms with Crippen LogP contribution in [0.25, 0.3) is 0 Å². The number of nitrogens with one attached hydrogen (secondary N) is 1. The molecule has 3 rings (SSSR count). The highest BCUT2D eigenvalue weighted by Gasteiger charge is 2.29. The standard InChI is InChI=1S/C17H18F2N2/c18-13-6-8-16(19)12(9-13)10-17(21-20)15-7-5-11-3-1-2-4-14(11)15/h1-4,6,8-9,15,17,21H,5,7,10,20H2. The summed E-state index contributed by atoms with van der Waals surface area (Å²) in [7, 11) is 0. The normalized spacial score (nSPS) is 18.5. The molecule has 0 saturated heterocycles. The maximum absolute atomic E-state index is 13.8. The molecule has 0 aromatic heterocycles. The van der Waals surface area contributed by atoms with E-state index in [9.17, 15) is 8.78 Å². The fourth-order valence-electron chi connectivity index (χ4n) is 3.26. The molecule has 2 aromatic rings. The van der Waals surface area contributed by atoms with Crippen molar-refractivity contribution in [1.82, 2.24) is 5.43 Å². The van der Waals surface area contributed by atoms with Gasteiger partial charge in [0.2, 0.25) is 0 Å². The molecule has 0 bridgehead atoms. The fourth-order valence-corrected chi connectivity index (χ4v) is 3.26. The monoisotopic (exact) mass is 288 g/mol. The van der Waals surface area contributed by atoms with Crippen molar-refractivity contribution in [1.29, 1.82) is 0 Å². The summed E-state index contributed by atoms with van der Waals surface area (Å²) in [4.78, 5) is 0. The lowest BCUT2D eigenvalue weighted by Crippen LogP contribution is -2.41. The van der Waals surface area contributed by atoms with E-state index in [0.717, 1.165) is 18.9 Å². The molecule has 0 aliphatic heterocycles. The van der Waals surface area contributed by atoms with Crippen molar-refractivity contribution < 1.29 is 8.78 Å². The largest absolute Gasteiger partial charge is 0.271 e. The summed E-state index contributed by atoms with van der Waals surface area (Å²) in [5.74, 6) is 5.10. The Labute approximate surface area is 122 Å². The first-order valence-corrected chi connectivity index (χ1v) is 7.17. The minimum Gasteiger partial charge on any atom is -0.271 e. The van der Waals surface area contributed by atoms with E-state index in [0.29, 0.717) is 12.0 Å². The first-order valence-electron chi connectivity index (χ1n) is 7.17. The van der Waals surface area contributed by atoms with Crippen LogP contribution in [0.15, 0.2) is 42.5 Å². The van der Waals surface area contributed by atoms with Crippen LogP contribution in [0.2, 0.25) is 0 Å². The predicted molar refractivity (Wildman–Crippen MR) is 78.7 cm³/mol. The Kier molecular flexibility index (Phi) is 3.99. The van der Waals surface area contributed by atoms with Crippen molar-refractivity contribution in [2.24, 2.45) is 5.84 Å². The number of hydrogen-bond acceptors (Lipinski definition) is 2. The molecule has 2 unspecified atom stereocenters. The van der Waals surface area contributed by atoms with Gasteiger partial charge in [0.1, 0.15) is 11.6 Å². The Morgan fingerprint density at radius 2 is 2.00 bits per heavy atom. The van der Waals surface area contributed by atoms with Crippen molar-refractivity contribution in [3.05, 3.63) is 70.8 Å². The molecule has 3 N–H and O–H groups in total. The average molecular weight is 288 g/mol. The van der Waals surface area contributed by atoms with E-state index in [-0.39, 0.29) is 17.8 Å². The van der Waals surface area contributed by atoms with E-state index < -0.39 is 5.82 Å². The molecule has 0 heterocycles. The molecule has 0 spiro atoms. The van der Waals surface area contributed by atoms with Crippen LogP contribution in [0.1, 0.15) is 29.0 Å². The summed E-state index contributed by atoms with van der Waals surface area (Å²) in [6, 6.07) is 11.7. The van der Waals surface area contributed by atoms with Crippen molar-refractivity contribution in [2.45, 2.75) is 31.2 Å². The smallest absolute Gasteiger partial charge is 0.126 e. The van der Waals surface area contributed by atoms with Crippen LogP contribution in [0.5, 0.6) is 0 Å². The molecule has 21 heavy (non-hydrogen) atoms. The highest BCUT2D eigenvalue weighted by Crippen LogP contribution is 2.36. The minimum absolute atomic E-state index is 0.107. The average Bonchev–Trinajstić information content (AvgIpc) is 2.92. The number of benzene rings is 2. The number of rotatable bonds is 4. The van der Waals surface area contributed by atoms with E-state index in [4.69, 9.17) is 5.84 Å². The van der Waals surface area contributed by atoms with Crippen molar-refractivity contribution in [3.8, 4) is 0 Å². The highest BCUT2D eigenvalue weighted by atomic mass is 19.1. The summed E-state index contributed by atoms with van der Waals surface area (Å²) in [6.07, 6.45) is 2.36. The molecule has 0 amide bonds. The van der Waals surface area contributed by atoms with E-state index in [1.165, 1.54) is 23.3 Å². The molecule has 2 atom stereocenters. The summed E-state index contributed by atoms with van der Waals surface area (Å²) >= 11 is 0. The zero-order valence-electron chi connectivity index (χ0n) is 11.7. The first kappa shape index (κ1) is 14.2. The summed E-state index contributed by atoms with van der Waals surface area (Å²) in [5, 5.41) is 0. The number of halogens is 2. The third-order valence-electron chi connectivity index (χ3n) is 4.33. The second-order valence-electron chi connectivity index (χ2n) is 5.56. The van der Waals surface area contributed by atoms with Gasteiger partial charge < -0.3 is 0 Å². The van der Waals surface area contributed by atoms with Gasteiger partial charge in [-0.1, -0.05) is 24.3 Å². The zero-order chi connectivity index (χ0) is 14.8. The van der Waals surface area contributed by atoms with E-state index in [1.807, 2.05) is 12.1 Å². The third-order valence-corrected chi connectivity index (χ3v) is 4.33. The zero-order valence-corrected chi connectivity index (χ0v) is 11.7. The van der Waals surface area contributed by atoms with Gasteiger partial charge in [0, 0.05) is 12.0 Å². The summed E-state index contributed by atoms with van der Waals surface area (Å²) < 4.78 is 27.1. The van der Waals surface area contributed by atoms with Gasteiger partial charge >= 0.3 is 0 Å². The lowest BCUT2D eigenvalue weighted by molar-refractivity contribution is 0.426. The molecule has 1 aliphatic carbocycles. The quantitative estimate of drug-likeness (QED) is 0.670. The fraction of sp³-hybridized carbons (Fsp3) is 0.294. The Morgan fingerprint density at radius 1 is 1.19 bits per heavy atom. The highest BCUT2D eigenvalue weighted by molar-refractivity contribution is 5.36. The topological polar surface area (TPSA) is 38.0 Å². The Bertz CT molecular complexity index is 642. The molecule has 110 valence electrons. The molecule has 2 nitrogen and oxygen atoms in total. The van der Waals surface area contributed by atoms with Crippen LogP contribution in [-0.2, 0) is 12.8 Å². The summed E-state index contributed by atoms with van der Waals surface area (Å²) in [6.45, 7) is 0. The van der Waals surface area contributed by atoms with Crippen LogP contribution in [0, 0.1) is 11.6 Å². The van der Waals surface area contributed by atoms with Crippen molar-refractivity contribution >= 4 is 0 Å². The first-order chi connectivity index (χ1) is 10.2. The second-order valence-corrected chi connectivity index (χ2v) is 5.56. The predicted octanol–water partition coefficient (Wildman–Crippen LogP) is 3.07. The molecule has 0 saturated carbocycles. The van der Waals surface area contributed by atoms with Gasteiger partial charge in [-0.25, -0.2) is 8.78 Å². The SMILES string of the molecule is NNC(Cc1cc(F)ccc1F)C1CCc2ccccc21. The van der Waals surface area contributed by atoms with E-state index in [1.54, 1.807) is 0 Å². The molecule has 0 radical (unpaired) electrons. The van der Waals surface area contributed by atoms with Gasteiger partial charge in [-0.15, -0.1) is 0 Å². The number of hydrogen-bond donors (Lipinski definition) is 2. The third kappa shape index (κ3) is 2.82. The maximum atomic E-state index is 13.8. The Balaban J connectivity index is 1.85. The van der Waals surface area contributed by atoms with E-state index >= 15 is 0 Å². The minimum atomic E-state index is -0.422. The molecular weight excluding hydrogens is 270 g/mol. The number of fused-ring (bicyclic) bond motifs is 1. The van der Waals surface area contributed by atoms with Crippen LogP contribution in [0.4, 0.5) is 8.78 Å². The van der Waals surface area contributed by atoms with Gasteiger partial charge in [0.25, 0.3) is 0 Å². The van der Waals surface area contributed by atoms with Crippen molar-refractivity contribution in [2.75, 3.05) is 0 Å². The van der Waals surface area contributed by atoms with Crippen LogP contribution in [0.3, 0.4) is 0 Å². The van der Waals surface area contributed by atoms with Crippen LogP contribution >= 0.6 is 0 Å². The second kappa shape index (κ2) is 5.92. The number of aryl methyl sites for hydroxylation is 1. The number of hydrazine groups is 1. The van der Waals surface area contributed by atoms with Gasteiger partial charge in [0.05, 0.1) is 0 Å². The Morgan fingerprint density at radius 3 is 2.81 bits per heavy atom. The van der Waals surface area contributed by atoms with Gasteiger partial charge in [-0.3, -0.25) is 11.3 Å². The van der Waals surface area contributed by atoms with Gasteiger partial charge in [-0.05, 0) is 54.2 Å². The molecule has 4 heteroatoms. The van der Waals surface area contributed by atoms with Crippen LogP contribution in [-0.4, -0.2) is 6.04 Å². The maximum Gasteiger partial charge on any atom is 0.126 e. The lowest BCUT2D eigenvalue weighted by Gasteiger charge is -2.24. The lowest BCUT2D eigenvalue weighted by atomic mass is 9.89. The Hall–Kier alpha value is -1.78.